The van der Waals surface area contributed by atoms with E-state index in [2.05, 4.69) is 67.0 Å². The Labute approximate surface area is 191 Å². The van der Waals surface area contributed by atoms with E-state index < -0.39 is 0 Å². The molecular weight excluding hydrogens is 406 g/mol. The summed E-state index contributed by atoms with van der Waals surface area (Å²) in [6, 6.07) is 16.2. The van der Waals surface area contributed by atoms with Crippen molar-refractivity contribution in [3.8, 4) is 11.3 Å². The van der Waals surface area contributed by atoms with Crippen LogP contribution in [0.5, 0.6) is 0 Å². The molecule has 164 valence electrons. The molecule has 1 aromatic heterocycles. The molecule has 3 aromatic rings. The molecule has 0 aliphatic carbocycles. The van der Waals surface area contributed by atoms with E-state index in [1.807, 2.05) is 18.2 Å². The lowest BCUT2D eigenvalue weighted by molar-refractivity contribution is 0.0884. The first-order valence-corrected chi connectivity index (χ1v) is 11.1. The van der Waals surface area contributed by atoms with Gasteiger partial charge in [0.1, 0.15) is 0 Å². The molecule has 0 radical (unpaired) electrons. The topological polar surface area (TPSA) is 37.3 Å². The lowest BCUT2D eigenvalue weighted by Gasteiger charge is -2.36. The molecule has 1 N–H and O–H groups in total. The number of nitrogens with zero attached hydrogens (tertiary/aromatic N) is 2. The van der Waals surface area contributed by atoms with E-state index in [0.29, 0.717) is 12.1 Å². The normalized spacial score (nSPS) is 23.0. The number of hydrogen-bond acceptors (Lipinski definition) is 2. The van der Waals surface area contributed by atoms with Crippen LogP contribution in [0.25, 0.3) is 22.2 Å². The van der Waals surface area contributed by atoms with Gasteiger partial charge in [-0.2, -0.15) is 0 Å². The molecule has 2 aliphatic heterocycles. The van der Waals surface area contributed by atoms with E-state index in [0.717, 1.165) is 40.6 Å². The van der Waals surface area contributed by atoms with Crippen LogP contribution in [0.3, 0.4) is 0 Å². The minimum atomic E-state index is 0. The molecule has 31 heavy (non-hydrogen) atoms. The van der Waals surface area contributed by atoms with Crippen LogP contribution in [-0.4, -0.2) is 40.5 Å². The zero-order chi connectivity index (χ0) is 21.0. The van der Waals surface area contributed by atoms with Crippen LogP contribution in [0, 0.1) is 13.8 Å². The van der Waals surface area contributed by atoms with E-state index in [1.54, 1.807) is 0 Å². The van der Waals surface area contributed by atoms with E-state index >= 15 is 0 Å². The molecule has 2 bridgehead atoms. The van der Waals surface area contributed by atoms with Gasteiger partial charge < -0.3 is 14.8 Å². The van der Waals surface area contributed by atoms with E-state index in [-0.39, 0.29) is 24.4 Å². The summed E-state index contributed by atoms with van der Waals surface area (Å²) in [6.07, 6.45) is 4.63. The number of rotatable bonds is 3. The van der Waals surface area contributed by atoms with Crippen LogP contribution in [-0.2, 0) is 7.05 Å². The van der Waals surface area contributed by atoms with Gasteiger partial charge in [-0.05, 0) is 75.4 Å². The standard InChI is InChI=1S/C26H31N3O.ClH/c1-16-12-22-23(13-17(16)2)29(4)25(18-8-6-5-7-9-18)24(22)26(30)27-19-14-20-10-11-21(15-19)28(20)3;/h5-9,12-13,19-21H,10-11,14-15H2,1-4H3,(H,27,30);1H/t19?,20-,21+;. The van der Waals surface area contributed by atoms with Gasteiger partial charge in [0.2, 0.25) is 0 Å². The van der Waals surface area contributed by atoms with Crippen LogP contribution < -0.4 is 5.32 Å². The number of fused-ring (bicyclic) bond motifs is 3. The minimum Gasteiger partial charge on any atom is -0.349 e. The van der Waals surface area contributed by atoms with Gasteiger partial charge in [0, 0.05) is 36.1 Å². The summed E-state index contributed by atoms with van der Waals surface area (Å²) in [4.78, 5) is 16.2. The maximum atomic E-state index is 13.7. The van der Waals surface area contributed by atoms with Crippen molar-refractivity contribution >= 4 is 29.2 Å². The number of amides is 1. The van der Waals surface area contributed by atoms with Gasteiger partial charge >= 0.3 is 0 Å². The quantitative estimate of drug-likeness (QED) is 0.608. The van der Waals surface area contributed by atoms with Crippen molar-refractivity contribution in [3.05, 3.63) is 59.2 Å². The molecule has 3 heterocycles. The van der Waals surface area contributed by atoms with E-state index in [1.165, 1.54) is 24.0 Å². The van der Waals surface area contributed by atoms with E-state index in [4.69, 9.17) is 0 Å². The smallest absolute Gasteiger partial charge is 0.254 e. The van der Waals surface area contributed by atoms with Crippen LogP contribution in [0.4, 0.5) is 0 Å². The van der Waals surface area contributed by atoms with Crippen LogP contribution in [0.15, 0.2) is 42.5 Å². The molecule has 2 aromatic carbocycles. The molecule has 2 fully saturated rings. The van der Waals surface area contributed by atoms with Crippen LogP contribution in [0.1, 0.15) is 47.2 Å². The Hall–Kier alpha value is -2.30. The number of aryl methyl sites for hydroxylation is 3. The number of aromatic nitrogens is 1. The fourth-order valence-corrected chi connectivity index (χ4v) is 5.65. The maximum Gasteiger partial charge on any atom is 0.254 e. The van der Waals surface area contributed by atoms with Crippen molar-refractivity contribution in [2.75, 3.05) is 7.05 Å². The van der Waals surface area contributed by atoms with Crippen molar-refractivity contribution in [1.82, 2.24) is 14.8 Å². The highest BCUT2D eigenvalue weighted by atomic mass is 35.5. The van der Waals surface area contributed by atoms with Crippen molar-refractivity contribution < 1.29 is 4.79 Å². The second-order valence-electron chi connectivity index (χ2n) is 9.29. The zero-order valence-electron chi connectivity index (χ0n) is 18.8. The Kier molecular flexibility index (Phi) is 5.89. The highest BCUT2D eigenvalue weighted by Crippen LogP contribution is 2.37. The summed E-state index contributed by atoms with van der Waals surface area (Å²) in [5.74, 6) is 0.0664. The number of carbonyl (C=O) groups is 1. The second-order valence-corrected chi connectivity index (χ2v) is 9.29. The average molecular weight is 438 g/mol. The molecule has 1 amide bonds. The predicted molar refractivity (Wildman–Crippen MR) is 130 cm³/mol. The molecule has 0 saturated carbocycles. The zero-order valence-corrected chi connectivity index (χ0v) is 19.6. The SMILES string of the molecule is Cc1cc2c(C(=O)NC3C[C@H]4CC[C@@H](C3)N4C)c(-c3ccccc3)n(C)c2cc1C.Cl. The molecule has 2 aliphatic rings. The fraction of sp³-hybridized carbons (Fsp3) is 0.423. The summed E-state index contributed by atoms with van der Waals surface area (Å²) in [7, 11) is 4.32. The maximum absolute atomic E-state index is 13.7. The molecule has 5 rings (SSSR count). The average Bonchev–Trinajstić information content (AvgIpc) is 3.10. The summed E-state index contributed by atoms with van der Waals surface area (Å²) in [5.41, 5.74) is 6.49. The highest BCUT2D eigenvalue weighted by Gasteiger charge is 2.39. The third kappa shape index (κ3) is 3.66. The number of benzene rings is 2. The summed E-state index contributed by atoms with van der Waals surface area (Å²) >= 11 is 0. The lowest BCUT2D eigenvalue weighted by atomic mass is 9.96. The summed E-state index contributed by atoms with van der Waals surface area (Å²) in [6.45, 7) is 4.26. The Bertz CT molecular complexity index is 1110. The first-order valence-electron chi connectivity index (χ1n) is 11.1. The number of nitrogens with one attached hydrogen (secondary N) is 1. The molecule has 4 nitrogen and oxygen atoms in total. The number of piperidine rings is 1. The lowest BCUT2D eigenvalue weighted by Crippen LogP contribution is -2.48. The van der Waals surface area contributed by atoms with E-state index in [9.17, 15) is 4.79 Å². The fourth-order valence-electron chi connectivity index (χ4n) is 5.65. The number of halogens is 1. The minimum absolute atomic E-state index is 0. The molecule has 3 atom stereocenters. The summed E-state index contributed by atoms with van der Waals surface area (Å²) < 4.78 is 2.18. The first-order chi connectivity index (χ1) is 14.4. The van der Waals surface area contributed by atoms with Crippen molar-refractivity contribution in [2.24, 2.45) is 7.05 Å². The van der Waals surface area contributed by atoms with Crippen molar-refractivity contribution in [2.45, 2.75) is 57.7 Å². The predicted octanol–water partition coefficient (Wildman–Crippen LogP) is 5.24. The first kappa shape index (κ1) is 21.9. The van der Waals surface area contributed by atoms with Gasteiger partial charge in [0.05, 0.1) is 11.3 Å². The Morgan fingerprint density at radius 1 is 0.968 bits per heavy atom. The van der Waals surface area contributed by atoms with Crippen molar-refractivity contribution in [1.29, 1.82) is 0 Å². The Morgan fingerprint density at radius 2 is 1.58 bits per heavy atom. The third-order valence-electron chi connectivity index (χ3n) is 7.52. The second kappa shape index (κ2) is 8.33. The summed E-state index contributed by atoms with van der Waals surface area (Å²) in [5, 5.41) is 4.48. The van der Waals surface area contributed by atoms with Gasteiger partial charge in [-0.15, -0.1) is 12.4 Å². The van der Waals surface area contributed by atoms with Crippen molar-refractivity contribution in [3.63, 3.8) is 0 Å². The molecule has 1 unspecified atom stereocenters. The van der Waals surface area contributed by atoms with Gasteiger partial charge in [0.25, 0.3) is 5.91 Å². The third-order valence-corrected chi connectivity index (χ3v) is 7.52. The highest BCUT2D eigenvalue weighted by molar-refractivity contribution is 6.13. The number of carbonyl (C=O) groups excluding carboxylic acids is 1. The Balaban J connectivity index is 0.00000231. The monoisotopic (exact) mass is 437 g/mol. The molecular formula is C26H32ClN3O. The van der Waals surface area contributed by atoms with Gasteiger partial charge in [-0.25, -0.2) is 0 Å². The molecule has 0 spiro atoms. The van der Waals surface area contributed by atoms with Crippen LogP contribution >= 0.6 is 12.4 Å². The molecule has 2 saturated heterocycles. The largest absolute Gasteiger partial charge is 0.349 e. The number of hydrogen-bond donors (Lipinski definition) is 1. The van der Waals surface area contributed by atoms with Crippen LogP contribution in [0.2, 0.25) is 0 Å². The van der Waals surface area contributed by atoms with Gasteiger partial charge in [0.15, 0.2) is 0 Å². The molecule has 5 heteroatoms. The van der Waals surface area contributed by atoms with Gasteiger partial charge in [-0.1, -0.05) is 30.3 Å². The Morgan fingerprint density at radius 3 is 2.23 bits per heavy atom. The van der Waals surface area contributed by atoms with Gasteiger partial charge in [-0.3, -0.25) is 4.79 Å².